The zero-order chi connectivity index (χ0) is 15.9. The van der Waals surface area contributed by atoms with E-state index in [4.69, 9.17) is 0 Å². The Hall–Kier alpha value is -1.49. The van der Waals surface area contributed by atoms with E-state index >= 15 is 0 Å². The van der Waals surface area contributed by atoms with Crippen molar-refractivity contribution in [3.63, 3.8) is 0 Å². The number of amides is 1. The van der Waals surface area contributed by atoms with E-state index in [0.29, 0.717) is 13.0 Å². The molecule has 0 fully saturated rings. The minimum absolute atomic E-state index is 0.0501. The molecule has 1 amide bonds. The van der Waals surface area contributed by atoms with Crippen molar-refractivity contribution in [2.45, 2.75) is 38.6 Å². The Morgan fingerprint density at radius 2 is 2.09 bits per heavy atom. The van der Waals surface area contributed by atoms with Gasteiger partial charge in [-0.3, -0.25) is 4.79 Å². The molecule has 1 aromatic rings. The molecule has 22 heavy (non-hydrogen) atoms. The number of carbonyl (C=O) groups is 2. The highest BCUT2D eigenvalue weighted by Gasteiger charge is 2.35. The Morgan fingerprint density at radius 3 is 2.82 bits per heavy atom. The largest absolute Gasteiger partial charge is 0.479 e. The summed E-state index contributed by atoms with van der Waals surface area (Å²) in [5.74, 6) is 0.836. The summed E-state index contributed by atoms with van der Waals surface area (Å²) in [5, 5.41) is 9.55. The Balaban J connectivity index is 2.01. The predicted molar refractivity (Wildman–Crippen MR) is 89.1 cm³/mol. The van der Waals surface area contributed by atoms with Gasteiger partial charge >= 0.3 is 5.97 Å². The van der Waals surface area contributed by atoms with Crippen LogP contribution in [-0.4, -0.2) is 39.9 Å². The zero-order valence-corrected chi connectivity index (χ0v) is 13.8. The molecule has 1 atom stereocenters. The normalized spacial score (nSPS) is 17.1. The van der Waals surface area contributed by atoms with Gasteiger partial charge in [0.15, 0.2) is 6.04 Å². The molecule has 1 heterocycles. The maximum atomic E-state index is 12.4. The van der Waals surface area contributed by atoms with Gasteiger partial charge in [-0.25, -0.2) is 4.79 Å². The van der Waals surface area contributed by atoms with E-state index in [0.717, 1.165) is 41.9 Å². The van der Waals surface area contributed by atoms with Gasteiger partial charge in [0.05, 0.1) is 0 Å². The SMILES string of the molecule is CCCCSCCC(=O)N1CCc2ccccc2C1C(=O)O. The van der Waals surface area contributed by atoms with E-state index in [9.17, 15) is 14.7 Å². The van der Waals surface area contributed by atoms with Crippen LogP contribution in [0.15, 0.2) is 24.3 Å². The molecule has 0 saturated carbocycles. The number of rotatable bonds is 7. The fourth-order valence-electron chi connectivity index (χ4n) is 2.75. The molecule has 1 N–H and O–H groups in total. The third kappa shape index (κ3) is 4.03. The topological polar surface area (TPSA) is 57.6 Å². The molecule has 0 radical (unpaired) electrons. The summed E-state index contributed by atoms with van der Waals surface area (Å²) < 4.78 is 0. The Morgan fingerprint density at radius 1 is 1.32 bits per heavy atom. The smallest absolute Gasteiger partial charge is 0.331 e. The maximum absolute atomic E-state index is 12.4. The average Bonchev–Trinajstić information content (AvgIpc) is 2.53. The van der Waals surface area contributed by atoms with Gasteiger partial charge in [0.25, 0.3) is 0 Å². The molecular weight excluding hydrogens is 298 g/mol. The average molecular weight is 321 g/mol. The minimum atomic E-state index is -0.945. The molecule has 0 saturated heterocycles. The Labute approximate surface area is 135 Å². The van der Waals surface area contributed by atoms with Crippen LogP contribution in [0.3, 0.4) is 0 Å². The molecule has 0 aromatic heterocycles. The number of benzene rings is 1. The third-order valence-corrected chi connectivity index (χ3v) is 5.01. The first-order chi connectivity index (χ1) is 10.6. The van der Waals surface area contributed by atoms with Gasteiger partial charge in [-0.2, -0.15) is 11.8 Å². The standard InChI is InChI=1S/C17H23NO3S/c1-2-3-11-22-12-9-15(19)18-10-8-13-6-4-5-7-14(13)16(18)17(20)21/h4-7,16H,2-3,8-12H2,1H3,(H,20,21). The number of carbonyl (C=O) groups excluding carboxylic acids is 1. The van der Waals surface area contributed by atoms with Crippen molar-refractivity contribution in [3.05, 3.63) is 35.4 Å². The van der Waals surface area contributed by atoms with E-state index in [-0.39, 0.29) is 5.91 Å². The molecule has 2 rings (SSSR count). The Kier molecular flexibility index (Phi) is 6.31. The second-order valence-electron chi connectivity index (χ2n) is 5.49. The van der Waals surface area contributed by atoms with Crippen molar-refractivity contribution in [1.29, 1.82) is 0 Å². The van der Waals surface area contributed by atoms with Crippen molar-refractivity contribution in [2.75, 3.05) is 18.1 Å². The molecule has 0 aliphatic carbocycles. The monoisotopic (exact) mass is 321 g/mol. The number of carboxylic acid groups (broad SMARTS) is 1. The first kappa shape index (κ1) is 16.9. The third-order valence-electron chi connectivity index (χ3n) is 3.94. The van der Waals surface area contributed by atoms with Gasteiger partial charge in [0, 0.05) is 18.7 Å². The number of unbranched alkanes of at least 4 members (excludes halogenated alkanes) is 1. The molecule has 5 heteroatoms. The molecule has 1 aliphatic heterocycles. The number of thioether (sulfide) groups is 1. The molecule has 4 nitrogen and oxygen atoms in total. The molecular formula is C17H23NO3S. The van der Waals surface area contributed by atoms with Crippen molar-refractivity contribution >= 4 is 23.6 Å². The van der Waals surface area contributed by atoms with Gasteiger partial charge in [0.2, 0.25) is 5.91 Å². The molecule has 0 spiro atoms. The van der Waals surface area contributed by atoms with Crippen LogP contribution in [0, 0.1) is 0 Å². The molecule has 1 aliphatic rings. The first-order valence-corrected chi connectivity index (χ1v) is 8.98. The van der Waals surface area contributed by atoms with Crippen LogP contribution in [-0.2, 0) is 16.0 Å². The summed E-state index contributed by atoms with van der Waals surface area (Å²) in [6.07, 6.45) is 3.47. The van der Waals surface area contributed by atoms with E-state index < -0.39 is 12.0 Å². The second-order valence-corrected chi connectivity index (χ2v) is 6.72. The highest BCUT2D eigenvalue weighted by atomic mass is 32.2. The summed E-state index contributed by atoms with van der Waals surface area (Å²) in [7, 11) is 0. The highest BCUT2D eigenvalue weighted by molar-refractivity contribution is 7.99. The lowest BCUT2D eigenvalue weighted by Gasteiger charge is -2.34. The van der Waals surface area contributed by atoms with Crippen molar-refractivity contribution < 1.29 is 14.7 Å². The first-order valence-electron chi connectivity index (χ1n) is 7.83. The number of fused-ring (bicyclic) bond motifs is 1. The minimum Gasteiger partial charge on any atom is -0.479 e. The summed E-state index contributed by atoms with van der Waals surface area (Å²) >= 11 is 1.77. The van der Waals surface area contributed by atoms with Crippen molar-refractivity contribution in [3.8, 4) is 0 Å². The number of hydrogen-bond donors (Lipinski definition) is 1. The zero-order valence-electron chi connectivity index (χ0n) is 13.0. The van der Waals surface area contributed by atoms with E-state index in [1.165, 1.54) is 4.90 Å². The molecule has 1 aromatic carbocycles. The summed E-state index contributed by atoms with van der Waals surface area (Å²) in [4.78, 5) is 25.6. The number of hydrogen-bond acceptors (Lipinski definition) is 3. The fourth-order valence-corrected chi connectivity index (χ4v) is 3.77. The van der Waals surface area contributed by atoms with Crippen molar-refractivity contribution in [2.24, 2.45) is 0 Å². The van der Waals surface area contributed by atoms with E-state index in [1.54, 1.807) is 11.8 Å². The highest BCUT2D eigenvalue weighted by Crippen LogP contribution is 2.30. The van der Waals surface area contributed by atoms with Gasteiger partial charge in [0.1, 0.15) is 0 Å². The lowest BCUT2D eigenvalue weighted by Crippen LogP contribution is -2.43. The quantitative estimate of drug-likeness (QED) is 0.784. The van der Waals surface area contributed by atoms with E-state index in [1.807, 2.05) is 24.3 Å². The molecule has 1 unspecified atom stereocenters. The summed E-state index contributed by atoms with van der Waals surface area (Å²) in [6, 6.07) is 6.69. The molecule has 0 bridgehead atoms. The number of aliphatic carboxylic acids is 1. The van der Waals surface area contributed by atoms with Gasteiger partial charge in [-0.15, -0.1) is 0 Å². The molecule has 120 valence electrons. The van der Waals surface area contributed by atoms with Gasteiger partial charge in [-0.1, -0.05) is 37.6 Å². The van der Waals surface area contributed by atoms with Crippen LogP contribution in [0.25, 0.3) is 0 Å². The number of carboxylic acids is 1. The Bertz CT molecular complexity index is 532. The lowest BCUT2D eigenvalue weighted by atomic mass is 9.92. The van der Waals surface area contributed by atoms with Gasteiger partial charge in [-0.05, 0) is 29.7 Å². The van der Waals surface area contributed by atoms with Crippen LogP contribution in [0.4, 0.5) is 0 Å². The van der Waals surface area contributed by atoms with Crippen LogP contribution in [0.1, 0.15) is 43.4 Å². The fraction of sp³-hybridized carbons (Fsp3) is 0.529. The summed E-state index contributed by atoms with van der Waals surface area (Å²) in [5.41, 5.74) is 1.80. The predicted octanol–water partition coefficient (Wildman–Crippen LogP) is 3.12. The van der Waals surface area contributed by atoms with Crippen LogP contribution in [0.2, 0.25) is 0 Å². The summed E-state index contributed by atoms with van der Waals surface area (Å²) in [6.45, 7) is 2.64. The van der Waals surface area contributed by atoms with Crippen LogP contribution in [0.5, 0.6) is 0 Å². The van der Waals surface area contributed by atoms with E-state index in [2.05, 4.69) is 6.92 Å². The lowest BCUT2D eigenvalue weighted by molar-refractivity contribution is -0.151. The number of nitrogens with zero attached hydrogens (tertiary/aromatic N) is 1. The van der Waals surface area contributed by atoms with Crippen molar-refractivity contribution in [1.82, 2.24) is 4.90 Å². The van der Waals surface area contributed by atoms with Crippen LogP contribution < -0.4 is 0 Å². The maximum Gasteiger partial charge on any atom is 0.331 e. The second kappa shape index (κ2) is 8.22. The van der Waals surface area contributed by atoms with Crippen LogP contribution >= 0.6 is 11.8 Å². The van der Waals surface area contributed by atoms with Gasteiger partial charge < -0.3 is 10.0 Å².